The highest BCUT2D eigenvalue weighted by molar-refractivity contribution is 5.34. The minimum Gasteiger partial charge on any atom is -0.491 e. The molecule has 2 nitrogen and oxygen atoms in total. The van der Waals surface area contributed by atoms with Crippen LogP contribution in [0.25, 0.3) is 0 Å². The van der Waals surface area contributed by atoms with E-state index in [-0.39, 0.29) is 11.9 Å². The Kier molecular flexibility index (Phi) is 2.42. The van der Waals surface area contributed by atoms with Crippen LogP contribution in [-0.4, -0.2) is 12.6 Å². The minimum absolute atomic E-state index is 0.215. The predicted octanol–water partition coefficient (Wildman–Crippen LogP) is 2.04. The highest BCUT2D eigenvalue weighted by atomic mass is 19.1. The highest BCUT2D eigenvalue weighted by Crippen LogP contribution is 2.39. The lowest BCUT2D eigenvalue weighted by Crippen LogP contribution is -2.01. The standard InChI is InChI=1S/C11H14FNO/c1-2-14-11-4-3-7(5-9(11)12)8-6-10(8)13/h3-5,8,10H,2,6,13H2,1H3/t8-,10+/m1/s1. The molecule has 2 N–H and O–H groups in total. The Morgan fingerprint density at radius 1 is 1.57 bits per heavy atom. The van der Waals surface area contributed by atoms with Crippen molar-refractivity contribution in [3.63, 3.8) is 0 Å². The summed E-state index contributed by atoms with van der Waals surface area (Å²) < 4.78 is 18.5. The largest absolute Gasteiger partial charge is 0.491 e. The van der Waals surface area contributed by atoms with E-state index in [1.807, 2.05) is 13.0 Å². The summed E-state index contributed by atoms with van der Waals surface area (Å²) in [5, 5.41) is 0. The number of rotatable bonds is 3. The monoisotopic (exact) mass is 195 g/mol. The summed E-state index contributed by atoms with van der Waals surface area (Å²) in [6, 6.07) is 5.32. The number of ether oxygens (including phenoxy) is 1. The van der Waals surface area contributed by atoms with Gasteiger partial charge in [0.1, 0.15) is 0 Å². The second-order valence-electron chi connectivity index (χ2n) is 3.63. The van der Waals surface area contributed by atoms with Crippen molar-refractivity contribution in [1.82, 2.24) is 0 Å². The van der Waals surface area contributed by atoms with Gasteiger partial charge in [-0.1, -0.05) is 6.07 Å². The van der Waals surface area contributed by atoms with E-state index in [9.17, 15) is 4.39 Å². The molecule has 3 heteroatoms. The van der Waals surface area contributed by atoms with Crippen LogP contribution in [0.5, 0.6) is 5.75 Å². The molecule has 0 amide bonds. The number of benzene rings is 1. The molecule has 0 radical (unpaired) electrons. The Labute approximate surface area is 82.9 Å². The lowest BCUT2D eigenvalue weighted by molar-refractivity contribution is 0.321. The molecule has 1 aromatic carbocycles. The van der Waals surface area contributed by atoms with Crippen molar-refractivity contribution in [3.8, 4) is 5.75 Å². The number of nitrogens with two attached hydrogens (primary N) is 1. The molecule has 1 aliphatic rings. The Morgan fingerprint density at radius 3 is 2.79 bits per heavy atom. The number of halogens is 1. The maximum absolute atomic E-state index is 13.4. The van der Waals surface area contributed by atoms with Crippen molar-refractivity contribution < 1.29 is 9.13 Å². The predicted molar refractivity (Wildman–Crippen MR) is 52.9 cm³/mol. The molecular formula is C11H14FNO. The topological polar surface area (TPSA) is 35.2 Å². The van der Waals surface area contributed by atoms with Gasteiger partial charge >= 0.3 is 0 Å². The van der Waals surface area contributed by atoms with E-state index in [2.05, 4.69) is 0 Å². The molecule has 0 unspecified atom stereocenters. The average molecular weight is 195 g/mol. The molecule has 76 valence electrons. The van der Waals surface area contributed by atoms with Gasteiger partial charge in [0, 0.05) is 12.0 Å². The van der Waals surface area contributed by atoms with Crippen molar-refractivity contribution in [2.45, 2.75) is 25.3 Å². The zero-order chi connectivity index (χ0) is 10.1. The van der Waals surface area contributed by atoms with Crippen LogP contribution in [0.4, 0.5) is 4.39 Å². The van der Waals surface area contributed by atoms with Gasteiger partial charge in [-0.05, 0) is 31.0 Å². The van der Waals surface area contributed by atoms with Crippen molar-refractivity contribution in [2.75, 3.05) is 6.61 Å². The Hall–Kier alpha value is -1.09. The van der Waals surface area contributed by atoms with E-state index in [0.717, 1.165) is 12.0 Å². The molecule has 0 saturated heterocycles. The van der Waals surface area contributed by atoms with Gasteiger partial charge < -0.3 is 10.5 Å². The zero-order valence-corrected chi connectivity index (χ0v) is 8.16. The summed E-state index contributed by atoms with van der Waals surface area (Å²) in [4.78, 5) is 0. The molecule has 0 bridgehead atoms. The summed E-state index contributed by atoms with van der Waals surface area (Å²) >= 11 is 0. The maximum Gasteiger partial charge on any atom is 0.165 e. The van der Waals surface area contributed by atoms with E-state index in [4.69, 9.17) is 10.5 Å². The Balaban J connectivity index is 2.18. The Bertz CT molecular complexity index is 340. The fraction of sp³-hybridized carbons (Fsp3) is 0.455. The van der Waals surface area contributed by atoms with Gasteiger partial charge in [-0.25, -0.2) is 4.39 Å². The van der Waals surface area contributed by atoms with Gasteiger partial charge in [-0.3, -0.25) is 0 Å². The second kappa shape index (κ2) is 3.58. The maximum atomic E-state index is 13.4. The van der Waals surface area contributed by atoms with Crippen molar-refractivity contribution in [3.05, 3.63) is 29.6 Å². The first-order chi connectivity index (χ1) is 6.72. The summed E-state index contributed by atoms with van der Waals surface area (Å²) in [5.74, 6) is 0.383. The summed E-state index contributed by atoms with van der Waals surface area (Å²) in [5.41, 5.74) is 6.68. The van der Waals surface area contributed by atoms with Gasteiger partial charge in [-0.15, -0.1) is 0 Å². The van der Waals surface area contributed by atoms with Gasteiger partial charge in [0.05, 0.1) is 6.61 Å². The first kappa shape index (κ1) is 9.46. The quantitative estimate of drug-likeness (QED) is 0.801. The van der Waals surface area contributed by atoms with E-state index in [1.54, 1.807) is 6.07 Å². The summed E-state index contributed by atoms with van der Waals surface area (Å²) in [6.07, 6.45) is 0.966. The highest BCUT2D eigenvalue weighted by Gasteiger charge is 2.35. The average Bonchev–Trinajstić information content (AvgIpc) is 2.87. The van der Waals surface area contributed by atoms with E-state index in [0.29, 0.717) is 18.3 Å². The third kappa shape index (κ3) is 1.73. The Morgan fingerprint density at radius 2 is 2.29 bits per heavy atom. The molecule has 2 atom stereocenters. The third-order valence-corrected chi connectivity index (χ3v) is 2.52. The second-order valence-corrected chi connectivity index (χ2v) is 3.63. The third-order valence-electron chi connectivity index (χ3n) is 2.52. The van der Waals surface area contributed by atoms with Gasteiger partial charge in [-0.2, -0.15) is 0 Å². The van der Waals surface area contributed by atoms with Gasteiger partial charge in [0.15, 0.2) is 11.6 Å². The van der Waals surface area contributed by atoms with E-state index in [1.165, 1.54) is 6.07 Å². The first-order valence-corrected chi connectivity index (χ1v) is 4.90. The lowest BCUT2D eigenvalue weighted by Gasteiger charge is -2.06. The fourth-order valence-electron chi connectivity index (χ4n) is 1.62. The first-order valence-electron chi connectivity index (χ1n) is 4.90. The smallest absolute Gasteiger partial charge is 0.165 e. The van der Waals surface area contributed by atoms with Crippen LogP contribution in [0.15, 0.2) is 18.2 Å². The van der Waals surface area contributed by atoms with Crippen molar-refractivity contribution in [1.29, 1.82) is 0 Å². The van der Waals surface area contributed by atoms with Crippen LogP contribution in [0.3, 0.4) is 0 Å². The molecule has 14 heavy (non-hydrogen) atoms. The van der Waals surface area contributed by atoms with Crippen LogP contribution in [-0.2, 0) is 0 Å². The van der Waals surface area contributed by atoms with Crippen LogP contribution in [0.1, 0.15) is 24.8 Å². The molecule has 1 fully saturated rings. The van der Waals surface area contributed by atoms with Crippen LogP contribution in [0.2, 0.25) is 0 Å². The molecule has 0 aliphatic heterocycles. The lowest BCUT2D eigenvalue weighted by atomic mass is 10.1. The van der Waals surface area contributed by atoms with Crippen LogP contribution < -0.4 is 10.5 Å². The van der Waals surface area contributed by atoms with E-state index >= 15 is 0 Å². The van der Waals surface area contributed by atoms with Crippen LogP contribution >= 0.6 is 0 Å². The zero-order valence-electron chi connectivity index (χ0n) is 8.16. The van der Waals surface area contributed by atoms with E-state index < -0.39 is 0 Å². The molecule has 1 aliphatic carbocycles. The van der Waals surface area contributed by atoms with Gasteiger partial charge in [0.25, 0.3) is 0 Å². The summed E-state index contributed by atoms with van der Waals surface area (Å²) in [6.45, 7) is 2.32. The minimum atomic E-state index is -0.288. The van der Waals surface area contributed by atoms with Crippen molar-refractivity contribution in [2.24, 2.45) is 5.73 Å². The molecular weight excluding hydrogens is 181 g/mol. The number of hydrogen-bond acceptors (Lipinski definition) is 2. The molecule has 0 spiro atoms. The fourth-order valence-corrected chi connectivity index (χ4v) is 1.62. The SMILES string of the molecule is CCOc1ccc([C@H]2C[C@@H]2N)cc1F. The van der Waals surface area contributed by atoms with Crippen molar-refractivity contribution >= 4 is 0 Å². The molecule has 0 aromatic heterocycles. The molecule has 1 saturated carbocycles. The molecule has 0 heterocycles. The van der Waals surface area contributed by atoms with Gasteiger partial charge in [0.2, 0.25) is 0 Å². The van der Waals surface area contributed by atoms with Crippen LogP contribution in [0, 0.1) is 5.82 Å². The molecule has 2 rings (SSSR count). The summed E-state index contributed by atoms with van der Waals surface area (Å²) in [7, 11) is 0. The molecule has 1 aromatic rings. The number of hydrogen-bond donors (Lipinski definition) is 1. The normalized spacial score (nSPS) is 24.8.